The fourth-order valence-electron chi connectivity index (χ4n) is 4.68. The normalized spacial score (nSPS) is 14.4. The molecule has 228 valence electrons. The summed E-state index contributed by atoms with van der Waals surface area (Å²) in [5, 5.41) is 0.323. The third kappa shape index (κ3) is 6.59. The maximum atomic E-state index is 13.9. The summed E-state index contributed by atoms with van der Waals surface area (Å²) in [5.41, 5.74) is 1.91. The summed E-state index contributed by atoms with van der Waals surface area (Å²) in [6.07, 6.45) is 3.13. The van der Waals surface area contributed by atoms with Crippen LogP contribution in [-0.2, 0) is 16.1 Å². The highest BCUT2D eigenvalue weighted by Crippen LogP contribution is 2.36. The van der Waals surface area contributed by atoms with E-state index in [0.29, 0.717) is 60.4 Å². The van der Waals surface area contributed by atoms with E-state index in [1.165, 1.54) is 41.3 Å². The molecule has 0 bridgehead atoms. The molecule has 5 rings (SSSR count). The first-order valence-electron chi connectivity index (χ1n) is 13.6. The Bertz CT molecular complexity index is 1900. The van der Waals surface area contributed by atoms with Crippen molar-refractivity contribution in [2.24, 2.45) is 4.99 Å². The van der Waals surface area contributed by atoms with Gasteiger partial charge in [-0.25, -0.2) is 14.2 Å². The van der Waals surface area contributed by atoms with Gasteiger partial charge in [-0.15, -0.1) is 0 Å². The molecule has 0 fully saturated rings. The number of thiazole rings is 1. The third-order valence-corrected chi connectivity index (χ3v) is 8.49. The van der Waals surface area contributed by atoms with Crippen LogP contribution in [0.15, 0.2) is 80.6 Å². The maximum Gasteiger partial charge on any atom is 0.337 e. The number of benzene rings is 3. The van der Waals surface area contributed by atoms with Gasteiger partial charge in [-0.3, -0.25) is 9.36 Å². The number of fused-ring (bicyclic) bond motifs is 1. The van der Waals surface area contributed by atoms with Crippen molar-refractivity contribution >= 4 is 50.9 Å². The SMILES string of the molecule is CCOc1ccc([C@@H]2C(C(=O)OC)=CN=c3s/c(=C\c4cc(Cl)c(OCc5ccc(F)cc5)c(Br)c4)c(=O)n32)cc1OCC. The molecule has 0 saturated heterocycles. The quantitative estimate of drug-likeness (QED) is 0.190. The monoisotopic (exact) mass is 700 g/mol. The van der Waals surface area contributed by atoms with E-state index in [1.54, 1.807) is 48.5 Å². The number of esters is 1. The third-order valence-electron chi connectivity index (χ3n) is 6.62. The zero-order valence-electron chi connectivity index (χ0n) is 23.9. The molecule has 0 radical (unpaired) electrons. The van der Waals surface area contributed by atoms with Crippen LogP contribution in [0, 0.1) is 5.82 Å². The van der Waals surface area contributed by atoms with Crippen LogP contribution in [-0.4, -0.2) is 30.9 Å². The lowest BCUT2D eigenvalue weighted by Gasteiger charge is -2.23. The van der Waals surface area contributed by atoms with Crippen LogP contribution in [0.4, 0.5) is 4.39 Å². The molecule has 8 nitrogen and oxygen atoms in total. The molecule has 12 heteroatoms. The van der Waals surface area contributed by atoms with Gasteiger partial charge in [0, 0.05) is 6.20 Å². The molecular formula is C32H27BrClFN2O6S. The zero-order valence-corrected chi connectivity index (χ0v) is 27.1. The van der Waals surface area contributed by atoms with Gasteiger partial charge in [0.1, 0.15) is 12.4 Å². The van der Waals surface area contributed by atoms with E-state index in [2.05, 4.69) is 20.9 Å². The summed E-state index contributed by atoms with van der Waals surface area (Å²) in [7, 11) is 1.28. The van der Waals surface area contributed by atoms with E-state index < -0.39 is 12.0 Å². The van der Waals surface area contributed by atoms with Gasteiger partial charge in [-0.05, 0) is 88.9 Å². The summed E-state index contributed by atoms with van der Waals surface area (Å²) >= 11 is 11.3. The largest absolute Gasteiger partial charge is 0.490 e. The van der Waals surface area contributed by atoms with Crippen molar-refractivity contribution in [3.05, 3.63) is 118 Å². The Kier molecular flexibility index (Phi) is 9.87. The molecule has 0 unspecified atom stereocenters. The Morgan fingerprint density at radius 1 is 1.07 bits per heavy atom. The summed E-state index contributed by atoms with van der Waals surface area (Å²) < 4.78 is 38.1. The van der Waals surface area contributed by atoms with Gasteiger partial charge < -0.3 is 18.9 Å². The summed E-state index contributed by atoms with van der Waals surface area (Å²) in [5.74, 6) is 0.535. The molecule has 0 amide bonds. The van der Waals surface area contributed by atoms with Gasteiger partial charge in [0.25, 0.3) is 5.56 Å². The second-order valence-electron chi connectivity index (χ2n) is 9.48. The standard InChI is InChI=1S/C32H27BrClFN2O6S/c1-4-41-25-11-8-20(15-26(25)42-5-2)28-22(31(39)40-3)16-36-32-37(28)30(38)27(44-32)14-19-12-23(33)29(24(34)13-19)43-17-18-6-9-21(35)10-7-18/h6-16,28H,4-5,17H2,1-3H3/b27-14-/t28-/m1/s1. The lowest BCUT2D eigenvalue weighted by atomic mass is 9.97. The van der Waals surface area contributed by atoms with Gasteiger partial charge in [-0.1, -0.05) is 41.1 Å². The molecule has 0 aliphatic carbocycles. The lowest BCUT2D eigenvalue weighted by molar-refractivity contribution is -0.136. The fraction of sp³-hybridized carbons (Fsp3) is 0.219. The highest BCUT2D eigenvalue weighted by molar-refractivity contribution is 9.10. The second-order valence-corrected chi connectivity index (χ2v) is 11.7. The van der Waals surface area contributed by atoms with E-state index >= 15 is 0 Å². The minimum atomic E-state index is -0.812. The van der Waals surface area contributed by atoms with Crippen LogP contribution in [0.1, 0.15) is 36.6 Å². The van der Waals surface area contributed by atoms with Gasteiger partial charge in [0.15, 0.2) is 22.0 Å². The number of hydrogen-bond acceptors (Lipinski definition) is 8. The van der Waals surface area contributed by atoms with Crippen molar-refractivity contribution in [2.75, 3.05) is 20.3 Å². The van der Waals surface area contributed by atoms with Crippen molar-refractivity contribution in [3.8, 4) is 17.2 Å². The average molecular weight is 702 g/mol. The van der Waals surface area contributed by atoms with Crippen molar-refractivity contribution in [3.63, 3.8) is 0 Å². The van der Waals surface area contributed by atoms with E-state index in [0.717, 1.165) is 5.56 Å². The number of hydrogen-bond donors (Lipinski definition) is 0. The first-order chi connectivity index (χ1) is 21.2. The zero-order chi connectivity index (χ0) is 31.4. The summed E-state index contributed by atoms with van der Waals surface area (Å²) in [4.78, 5) is 31.6. The van der Waals surface area contributed by atoms with Crippen LogP contribution in [0.3, 0.4) is 0 Å². The van der Waals surface area contributed by atoms with Crippen molar-refractivity contribution in [1.82, 2.24) is 4.57 Å². The van der Waals surface area contributed by atoms with Crippen LogP contribution < -0.4 is 29.1 Å². The molecule has 3 aromatic carbocycles. The van der Waals surface area contributed by atoms with Crippen molar-refractivity contribution in [2.45, 2.75) is 26.5 Å². The molecular weight excluding hydrogens is 675 g/mol. The Morgan fingerprint density at radius 3 is 2.48 bits per heavy atom. The van der Waals surface area contributed by atoms with Gasteiger partial charge in [0.05, 0.1) is 46.0 Å². The van der Waals surface area contributed by atoms with Gasteiger partial charge >= 0.3 is 5.97 Å². The van der Waals surface area contributed by atoms with Crippen molar-refractivity contribution in [1.29, 1.82) is 0 Å². The van der Waals surface area contributed by atoms with Crippen LogP contribution >= 0.6 is 38.9 Å². The highest BCUT2D eigenvalue weighted by atomic mass is 79.9. The molecule has 2 heterocycles. The number of nitrogens with zero attached hydrogens (tertiary/aromatic N) is 2. The molecule has 0 N–H and O–H groups in total. The number of ether oxygens (including phenoxy) is 4. The predicted octanol–water partition coefficient (Wildman–Crippen LogP) is 5.95. The number of halogens is 3. The Hall–Kier alpha value is -3.93. The molecule has 1 atom stereocenters. The van der Waals surface area contributed by atoms with Crippen LogP contribution in [0.5, 0.6) is 17.2 Å². The Morgan fingerprint density at radius 2 is 1.80 bits per heavy atom. The fourth-order valence-corrected chi connectivity index (χ4v) is 6.63. The lowest BCUT2D eigenvalue weighted by Crippen LogP contribution is -2.39. The molecule has 1 aliphatic rings. The van der Waals surface area contributed by atoms with Crippen LogP contribution in [0.25, 0.3) is 6.08 Å². The van der Waals surface area contributed by atoms with E-state index in [-0.39, 0.29) is 23.6 Å². The molecule has 1 aromatic heterocycles. The molecule has 44 heavy (non-hydrogen) atoms. The molecule has 0 spiro atoms. The summed E-state index contributed by atoms with van der Waals surface area (Å²) in [6, 6.07) is 14.0. The van der Waals surface area contributed by atoms with E-state index in [1.807, 2.05) is 13.8 Å². The number of methoxy groups -OCH3 is 1. The molecule has 0 saturated carbocycles. The van der Waals surface area contributed by atoms with Gasteiger partial charge in [0.2, 0.25) is 0 Å². The number of rotatable bonds is 10. The molecule has 4 aromatic rings. The predicted molar refractivity (Wildman–Crippen MR) is 170 cm³/mol. The Balaban J connectivity index is 1.54. The summed E-state index contributed by atoms with van der Waals surface area (Å²) in [6.45, 7) is 4.78. The topological polar surface area (TPSA) is 88.4 Å². The Labute approximate surface area is 269 Å². The van der Waals surface area contributed by atoms with E-state index in [9.17, 15) is 14.0 Å². The number of carbonyl (C=O) groups excluding carboxylic acids is 1. The minimum absolute atomic E-state index is 0.190. The minimum Gasteiger partial charge on any atom is -0.490 e. The van der Waals surface area contributed by atoms with E-state index in [4.69, 9.17) is 30.5 Å². The number of carbonyl (C=O) groups is 1. The molecule has 1 aliphatic heterocycles. The number of aromatic nitrogens is 1. The second kappa shape index (κ2) is 13.8. The van der Waals surface area contributed by atoms with Crippen LogP contribution in [0.2, 0.25) is 5.02 Å². The first kappa shape index (κ1) is 31.5. The smallest absolute Gasteiger partial charge is 0.337 e. The van der Waals surface area contributed by atoms with Crippen molar-refractivity contribution < 1.29 is 28.1 Å². The van der Waals surface area contributed by atoms with Gasteiger partial charge in [-0.2, -0.15) is 0 Å². The maximum absolute atomic E-state index is 13.9. The first-order valence-corrected chi connectivity index (χ1v) is 15.6. The average Bonchev–Trinajstić information content (AvgIpc) is 3.32. The highest BCUT2D eigenvalue weighted by Gasteiger charge is 2.31.